The van der Waals surface area contributed by atoms with Gasteiger partial charge in [-0.2, -0.15) is 0 Å². The molecule has 3 rings (SSSR count). The summed E-state index contributed by atoms with van der Waals surface area (Å²) in [4.78, 5) is 11.5. The van der Waals surface area contributed by atoms with E-state index in [2.05, 4.69) is 32.7 Å². The average molecular weight is 516 g/mol. The van der Waals surface area contributed by atoms with Crippen LogP contribution in [0.4, 0.5) is 0 Å². The first kappa shape index (κ1) is 23.1. The zero-order valence-corrected chi connectivity index (χ0v) is 19.6. The number of hydrogen-bond acceptors (Lipinski definition) is 5. The predicted molar refractivity (Wildman–Crippen MR) is 126 cm³/mol. The van der Waals surface area contributed by atoms with E-state index in [9.17, 15) is 0 Å². The zero-order valence-electron chi connectivity index (χ0n) is 16.5. The summed E-state index contributed by atoms with van der Waals surface area (Å²) in [5, 5.41) is 6.63. The summed E-state index contributed by atoms with van der Waals surface area (Å²) in [5.74, 6) is 1.48. The zero-order chi connectivity index (χ0) is 18.9. The number of nitrogens with one attached hydrogen (secondary N) is 1. The van der Waals surface area contributed by atoms with Crippen LogP contribution in [0, 0.1) is 5.92 Å². The fraction of sp³-hybridized carbons (Fsp3) is 0.500. The first-order chi connectivity index (χ1) is 13.3. The maximum Gasteiger partial charge on any atom is 0.194 e. The van der Waals surface area contributed by atoms with Crippen molar-refractivity contribution in [1.29, 1.82) is 0 Å². The van der Waals surface area contributed by atoms with Crippen molar-refractivity contribution in [2.75, 3.05) is 47.1 Å². The molecule has 154 valence electrons. The van der Waals surface area contributed by atoms with Crippen LogP contribution in [0.15, 0.2) is 40.7 Å². The van der Waals surface area contributed by atoms with Gasteiger partial charge in [-0.15, -0.1) is 35.3 Å². The summed E-state index contributed by atoms with van der Waals surface area (Å²) in [7, 11) is 3.53. The van der Waals surface area contributed by atoms with E-state index in [4.69, 9.17) is 14.5 Å². The molecule has 1 aliphatic rings. The molecule has 0 aliphatic carbocycles. The Balaban J connectivity index is 0.00000280. The molecule has 2 heterocycles. The van der Waals surface area contributed by atoms with Gasteiger partial charge in [0.1, 0.15) is 5.01 Å². The van der Waals surface area contributed by atoms with Gasteiger partial charge in [0.05, 0.1) is 32.1 Å². The maximum atomic E-state index is 5.67. The van der Waals surface area contributed by atoms with E-state index in [0.717, 1.165) is 48.3 Å². The fourth-order valence-corrected chi connectivity index (χ4v) is 3.92. The first-order valence-corrected chi connectivity index (χ1v) is 10.2. The number of benzene rings is 1. The van der Waals surface area contributed by atoms with E-state index < -0.39 is 0 Å². The second-order valence-corrected chi connectivity index (χ2v) is 7.50. The standard InChI is InChI=1S/C20H28N4O2S.HI/c1-21-20(24-9-8-16(13-24)14-26-11-10-25-2)22-12-19-23-18(15-27-19)17-6-4-3-5-7-17;/h3-7,15-16H,8-14H2,1-2H3,(H,21,22);1H. The number of halogens is 1. The van der Waals surface area contributed by atoms with Crippen molar-refractivity contribution in [3.8, 4) is 11.3 Å². The Hall–Kier alpha value is -1.23. The molecule has 0 bridgehead atoms. The highest BCUT2D eigenvalue weighted by atomic mass is 127. The molecular weight excluding hydrogens is 487 g/mol. The summed E-state index contributed by atoms with van der Waals surface area (Å²) in [6.07, 6.45) is 1.13. The van der Waals surface area contributed by atoms with Crippen LogP contribution in [-0.2, 0) is 16.0 Å². The molecule has 1 atom stereocenters. The van der Waals surface area contributed by atoms with Gasteiger partial charge in [0.2, 0.25) is 0 Å². The third-order valence-electron chi connectivity index (χ3n) is 4.60. The van der Waals surface area contributed by atoms with Crippen molar-refractivity contribution >= 4 is 41.3 Å². The number of rotatable bonds is 8. The van der Waals surface area contributed by atoms with Crippen molar-refractivity contribution < 1.29 is 9.47 Å². The Morgan fingerprint density at radius 1 is 1.32 bits per heavy atom. The average Bonchev–Trinajstić information content (AvgIpc) is 3.37. The van der Waals surface area contributed by atoms with E-state index in [1.807, 2.05) is 25.2 Å². The number of hydrogen-bond donors (Lipinski definition) is 1. The Labute approximate surface area is 188 Å². The van der Waals surface area contributed by atoms with E-state index in [1.165, 1.54) is 0 Å². The van der Waals surface area contributed by atoms with Crippen LogP contribution in [0.2, 0.25) is 0 Å². The fourth-order valence-electron chi connectivity index (χ4n) is 3.17. The molecule has 1 N–H and O–H groups in total. The summed E-state index contributed by atoms with van der Waals surface area (Å²) in [5.41, 5.74) is 2.18. The molecule has 0 radical (unpaired) electrons. The Kier molecular flexibility index (Phi) is 10.2. The van der Waals surface area contributed by atoms with Crippen LogP contribution in [0.5, 0.6) is 0 Å². The van der Waals surface area contributed by atoms with Crippen molar-refractivity contribution in [3.05, 3.63) is 40.7 Å². The molecule has 1 unspecified atom stereocenters. The van der Waals surface area contributed by atoms with Crippen LogP contribution < -0.4 is 5.32 Å². The lowest BCUT2D eigenvalue weighted by atomic mass is 10.1. The first-order valence-electron chi connectivity index (χ1n) is 9.32. The number of methoxy groups -OCH3 is 1. The van der Waals surface area contributed by atoms with Gasteiger partial charge in [-0.3, -0.25) is 4.99 Å². The second-order valence-electron chi connectivity index (χ2n) is 6.56. The topological polar surface area (TPSA) is 59.0 Å². The number of thiazole rings is 1. The van der Waals surface area contributed by atoms with E-state index >= 15 is 0 Å². The summed E-state index contributed by atoms with van der Waals surface area (Å²) in [6, 6.07) is 10.3. The number of aliphatic imine (C=N–C) groups is 1. The van der Waals surface area contributed by atoms with Gasteiger partial charge < -0.3 is 19.7 Å². The molecule has 0 amide bonds. The van der Waals surface area contributed by atoms with Crippen LogP contribution in [0.3, 0.4) is 0 Å². The lowest BCUT2D eigenvalue weighted by Crippen LogP contribution is -2.39. The molecule has 28 heavy (non-hydrogen) atoms. The lowest BCUT2D eigenvalue weighted by molar-refractivity contribution is 0.0536. The van der Waals surface area contributed by atoms with Gasteiger partial charge in [-0.1, -0.05) is 30.3 Å². The minimum Gasteiger partial charge on any atom is -0.382 e. The number of nitrogens with zero attached hydrogens (tertiary/aromatic N) is 3. The minimum absolute atomic E-state index is 0. The smallest absolute Gasteiger partial charge is 0.194 e. The number of aromatic nitrogens is 1. The van der Waals surface area contributed by atoms with Crippen LogP contribution in [0.1, 0.15) is 11.4 Å². The highest BCUT2D eigenvalue weighted by molar-refractivity contribution is 14.0. The number of ether oxygens (including phenoxy) is 2. The summed E-state index contributed by atoms with van der Waals surface area (Å²) < 4.78 is 10.7. The molecule has 2 aromatic rings. The predicted octanol–water partition coefficient (Wildman–Crippen LogP) is 3.49. The molecule has 1 fully saturated rings. The Bertz CT molecular complexity index is 726. The molecule has 0 saturated carbocycles. The molecule has 8 heteroatoms. The molecule has 1 aromatic carbocycles. The van der Waals surface area contributed by atoms with E-state index in [-0.39, 0.29) is 24.0 Å². The molecular formula is C20H29IN4O2S. The Morgan fingerprint density at radius 3 is 2.89 bits per heavy atom. The van der Waals surface area contributed by atoms with Crippen LogP contribution in [-0.4, -0.2) is 62.9 Å². The summed E-state index contributed by atoms with van der Waals surface area (Å²) >= 11 is 1.68. The van der Waals surface area contributed by atoms with Crippen LogP contribution in [0.25, 0.3) is 11.3 Å². The van der Waals surface area contributed by atoms with Gasteiger partial charge >= 0.3 is 0 Å². The third kappa shape index (κ3) is 6.68. The maximum absolute atomic E-state index is 5.67. The Morgan fingerprint density at radius 2 is 2.14 bits per heavy atom. The summed E-state index contributed by atoms with van der Waals surface area (Å²) in [6.45, 7) is 4.76. The molecule has 1 aliphatic heterocycles. The van der Waals surface area contributed by atoms with E-state index in [1.54, 1.807) is 18.4 Å². The molecule has 1 saturated heterocycles. The van der Waals surface area contributed by atoms with Gasteiger partial charge in [0, 0.05) is 44.1 Å². The normalized spacial score (nSPS) is 16.9. The van der Waals surface area contributed by atoms with Crippen molar-refractivity contribution in [3.63, 3.8) is 0 Å². The van der Waals surface area contributed by atoms with Crippen molar-refractivity contribution in [1.82, 2.24) is 15.2 Å². The third-order valence-corrected chi connectivity index (χ3v) is 5.45. The van der Waals surface area contributed by atoms with Crippen molar-refractivity contribution in [2.45, 2.75) is 13.0 Å². The van der Waals surface area contributed by atoms with Gasteiger partial charge in [-0.25, -0.2) is 4.98 Å². The minimum atomic E-state index is 0. The van der Waals surface area contributed by atoms with E-state index in [0.29, 0.717) is 25.7 Å². The SMILES string of the molecule is CN=C(NCc1nc(-c2ccccc2)cs1)N1CCC(COCCOC)C1.I. The largest absolute Gasteiger partial charge is 0.382 e. The monoisotopic (exact) mass is 516 g/mol. The molecule has 6 nitrogen and oxygen atoms in total. The number of likely N-dealkylation sites (tertiary alicyclic amines) is 1. The highest BCUT2D eigenvalue weighted by Crippen LogP contribution is 2.22. The molecule has 0 spiro atoms. The molecule has 1 aromatic heterocycles. The van der Waals surface area contributed by atoms with Gasteiger partial charge in [0.15, 0.2) is 5.96 Å². The number of guanidine groups is 1. The van der Waals surface area contributed by atoms with Crippen LogP contribution >= 0.6 is 35.3 Å². The van der Waals surface area contributed by atoms with Gasteiger partial charge in [0.25, 0.3) is 0 Å². The van der Waals surface area contributed by atoms with Gasteiger partial charge in [-0.05, 0) is 6.42 Å². The quantitative estimate of drug-likeness (QED) is 0.252. The second kappa shape index (κ2) is 12.4. The highest BCUT2D eigenvalue weighted by Gasteiger charge is 2.25. The lowest BCUT2D eigenvalue weighted by Gasteiger charge is -2.21. The van der Waals surface area contributed by atoms with Crippen molar-refractivity contribution in [2.24, 2.45) is 10.9 Å².